The molecule has 4 aliphatic rings. The fourth-order valence-electron chi connectivity index (χ4n) is 5.90. The van der Waals surface area contributed by atoms with Crippen LogP contribution in [-0.2, 0) is 11.3 Å². The Labute approximate surface area is 126 Å². The minimum absolute atomic E-state index is 0.0729. The van der Waals surface area contributed by atoms with Crippen molar-refractivity contribution in [2.45, 2.75) is 58.9 Å². The van der Waals surface area contributed by atoms with E-state index in [4.69, 9.17) is 0 Å². The Kier molecular flexibility index (Phi) is 2.76. The van der Waals surface area contributed by atoms with Crippen molar-refractivity contribution in [1.29, 1.82) is 0 Å². The average Bonchev–Trinajstić information content (AvgIpc) is 2.78. The molecule has 0 saturated heterocycles. The largest absolute Gasteiger partial charge is 0.351 e. The Morgan fingerprint density at radius 1 is 1.38 bits per heavy atom. The van der Waals surface area contributed by atoms with E-state index in [1.807, 2.05) is 13.1 Å². The lowest BCUT2D eigenvalue weighted by Crippen LogP contribution is -2.56. The quantitative estimate of drug-likeness (QED) is 0.898. The molecule has 2 unspecified atom stereocenters. The molecular formula is C17H25N3O. The lowest BCUT2D eigenvalue weighted by molar-refractivity contribution is -0.155. The second kappa shape index (κ2) is 4.34. The van der Waals surface area contributed by atoms with E-state index >= 15 is 0 Å². The summed E-state index contributed by atoms with van der Waals surface area (Å²) in [5, 5.41) is 10.2. The van der Waals surface area contributed by atoms with Gasteiger partial charge in [0.1, 0.15) is 0 Å². The first-order valence-corrected chi connectivity index (χ1v) is 8.25. The van der Waals surface area contributed by atoms with Crippen molar-refractivity contribution in [1.82, 2.24) is 15.5 Å². The van der Waals surface area contributed by atoms with E-state index in [2.05, 4.69) is 22.4 Å². The molecule has 4 bridgehead atoms. The number of amides is 1. The van der Waals surface area contributed by atoms with Gasteiger partial charge in [-0.05, 0) is 62.7 Å². The molecule has 114 valence electrons. The number of carbonyl (C=O) groups is 1. The van der Waals surface area contributed by atoms with Crippen molar-refractivity contribution in [3.8, 4) is 0 Å². The molecule has 0 aromatic carbocycles. The maximum atomic E-state index is 12.9. The van der Waals surface area contributed by atoms with Crippen LogP contribution in [0.25, 0.3) is 0 Å². The highest BCUT2D eigenvalue weighted by Crippen LogP contribution is 2.65. The van der Waals surface area contributed by atoms with Gasteiger partial charge in [-0.2, -0.15) is 5.10 Å². The third-order valence-corrected chi connectivity index (χ3v) is 6.21. The number of nitrogens with zero attached hydrogens (tertiary/aromatic N) is 1. The summed E-state index contributed by atoms with van der Waals surface area (Å²) in [6.07, 6.45) is 9.22. The second-order valence-corrected chi connectivity index (χ2v) is 8.25. The molecule has 5 rings (SSSR count). The van der Waals surface area contributed by atoms with Gasteiger partial charge in [-0.3, -0.25) is 9.89 Å². The van der Waals surface area contributed by atoms with E-state index in [1.54, 1.807) is 0 Å². The molecule has 2 N–H and O–H groups in total. The lowest BCUT2D eigenvalue weighted by Gasteiger charge is -2.60. The molecule has 0 aliphatic heterocycles. The van der Waals surface area contributed by atoms with Gasteiger partial charge in [-0.15, -0.1) is 0 Å². The first-order chi connectivity index (χ1) is 9.98. The summed E-state index contributed by atoms with van der Waals surface area (Å²) < 4.78 is 0. The molecule has 4 saturated carbocycles. The zero-order valence-corrected chi connectivity index (χ0v) is 13.0. The topological polar surface area (TPSA) is 57.8 Å². The molecule has 0 spiro atoms. The van der Waals surface area contributed by atoms with Crippen LogP contribution in [0.4, 0.5) is 0 Å². The Morgan fingerprint density at radius 3 is 2.67 bits per heavy atom. The Hall–Kier alpha value is -1.32. The number of aromatic nitrogens is 2. The summed E-state index contributed by atoms with van der Waals surface area (Å²) in [4.78, 5) is 12.9. The molecule has 4 aliphatic carbocycles. The Balaban J connectivity index is 1.50. The standard InChI is InChI=1S/C17H25N3O/c1-11-14(9-19-20-11)8-18-15(21)17-6-12-3-13(7-17)5-16(2,4-12)10-17/h9,12-13H,3-8,10H2,1-2H3,(H,18,21)(H,19,20). The van der Waals surface area contributed by atoms with Crippen LogP contribution in [0.5, 0.6) is 0 Å². The molecule has 1 heterocycles. The van der Waals surface area contributed by atoms with Crippen LogP contribution in [0, 0.1) is 29.6 Å². The number of carbonyl (C=O) groups excluding carboxylic acids is 1. The fourth-order valence-corrected chi connectivity index (χ4v) is 5.90. The molecule has 1 amide bonds. The smallest absolute Gasteiger partial charge is 0.226 e. The first-order valence-electron chi connectivity index (χ1n) is 8.25. The van der Waals surface area contributed by atoms with E-state index in [1.165, 1.54) is 19.3 Å². The van der Waals surface area contributed by atoms with Crippen LogP contribution in [0.3, 0.4) is 0 Å². The normalized spacial score (nSPS) is 40.5. The Morgan fingerprint density at radius 2 is 2.10 bits per heavy atom. The predicted molar refractivity (Wildman–Crippen MR) is 80.4 cm³/mol. The number of nitrogens with one attached hydrogen (secondary N) is 2. The number of rotatable bonds is 3. The summed E-state index contributed by atoms with van der Waals surface area (Å²) in [5.74, 6) is 1.87. The summed E-state index contributed by atoms with van der Waals surface area (Å²) in [5.41, 5.74) is 2.50. The summed E-state index contributed by atoms with van der Waals surface area (Å²) in [7, 11) is 0. The molecule has 21 heavy (non-hydrogen) atoms. The van der Waals surface area contributed by atoms with Gasteiger partial charge in [0.15, 0.2) is 0 Å². The molecule has 2 atom stereocenters. The maximum absolute atomic E-state index is 12.9. The number of hydrogen-bond acceptors (Lipinski definition) is 2. The van der Waals surface area contributed by atoms with Crippen LogP contribution in [0.2, 0.25) is 0 Å². The lowest BCUT2D eigenvalue weighted by atomic mass is 9.44. The zero-order valence-electron chi connectivity index (χ0n) is 13.0. The van der Waals surface area contributed by atoms with Crippen molar-refractivity contribution in [2.75, 3.05) is 0 Å². The molecule has 1 aromatic heterocycles. The highest BCUT2D eigenvalue weighted by molar-refractivity contribution is 5.83. The second-order valence-electron chi connectivity index (χ2n) is 8.25. The van der Waals surface area contributed by atoms with Gasteiger partial charge in [0, 0.05) is 17.8 Å². The zero-order chi connectivity index (χ0) is 14.7. The van der Waals surface area contributed by atoms with Crippen LogP contribution in [0.15, 0.2) is 6.20 Å². The highest BCUT2D eigenvalue weighted by atomic mass is 16.2. The van der Waals surface area contributed by atoms with Gasteiger partial charge in [-0.25, -0.2) is 0 Å². The van der Waals surface area contributed by atoms with Crippen molar-refractivity contribution in [3.05, 3.63) is 17.5 Å². The van der Waals surface area contributed by atoms with Gasteiger partial charge < -0.3 is 5.32 Å². The third-order valence-electron chi connectivity index (χ3n) is 6.21. The van der Waals surface area contributed by atoms with Crippen LogP contribution in [0.1, 0.15) is 56.7 Å². The van der Waals surface area contributed by atoms with Crippen molar-refractivity contribution >= 4 is 5.91 Å². The maximum Gasteiger partial charge on any atom is 0.226 e. The molecular weight excluding hydrogens is 262 g/mol. The average molecular weight is 287 g/mol. The van der Waals surface area contributed by atoms with E-state index in [9.17, 15) is 4.79 Å². The summed E-state index contributed by atoms with van der Waals surface area (Å²) >= 11 is 0. The summed E-state index contributed by atoms with van der Waals surface area (Å²) in [6.45, 7) is 5.02. The highest BCUT2D eigenvalue weighted by Gasteiger charge is 2.58. The van der Waals surface area contributed by atoms with Gasteiger partial charge in [0.05, 0.1) is 11.6 Å². The summed E-state index contributed by atoms with van der Waals surface area (Å²) in [6, 6.07) is 0. The van der Waals surface area contributed by atoms with Crippen molar-refractivity contribution in [3.63, 3.8) is 0 Å². The number of aryl methyl sites for hydroxylation is 1. The van der Waals surface area contributed by atoms with Gasteiger partial charge in [0.25, 0.3) is 0 Å². The fraction of sp³-hybridized carbons (Fsp3) is 0.765. The molecule has 0 radical (unpaired) electrons. The molecule has 1 aromatic rings. The molecule has 4 heteroatoms. The number of aromatic amines is 1. The van der Waals surface area contributed by atoms with E-state index < -0.39 is 0 Å². The SMILES string of the molecule is Cc1[nH]ncc1CNC(=O)C12CC3CC(CC(C)(C3)C1)C2. The van der Waals surface area contributed by atoms with Crippen LogP contribution < -0.4 is 5.32 Å². The first kappa shape index (κ1) is 13.4. The molecule has 4 nitrogen and oxygen atoms in total. The minimum Gasteiger partial charge on any atom is -0.351 e. The number of hydrogen-bond donors (Lipinski definition) is 2. The van der Waals surface area contributed by atoms with Crippen LogP contribution in [-0.4, -0.2) is 16.1 Å². The van der Waals surface area contributed by atoms with Crippen molar-refractivity contribution in [2.24, 2.45) is 22.7 Å². The van der Waals surface area contributed by atoms with Crippen molar-refractivity contribution < 1.29 is 4.79 Å². The Bertz CT molecular complexity index is 562. The van der Waals surface area contributed by atoms with Gasteiger partial charge in [0.2, 0.25) is 5.91 Å². The monoisotopic (exact) mass is 287 g/mol. The van der Waals surface area contributed by atoms with E-state index in [0.29, 0.717) is 17.9 Å². The van der Waals surface area contributed by atoms with Gasteiger partial charge in [-0.1, -0.05) is 6.92 Å². The number of H-pyrrole nitrogens is 1. The predicted octanol–water partition coefficient (Wildman–Crippen LogP) is 2.94. The van der Waals surface area contributed by atoms with E-state index in [0.717, 1.165) is 42.4 Å². The van der Waals surface area contributed by atoms with Gasteiger partial charge >= 0.3 is 0 Å². The van der Waals surface area contributed by atoms with Crippen LogP contribution >= 0.6 is 0 Å². The van der Waals surface area contributed by atoms with E-state index in [-0.39, 0.29) is 5.41 Å². The third kappa shape index (κ3) is 2.11. The molecule has 4 fully saturated rings. The minimum atomic E-state index is -0.0729.